The minimum atomic E-state index is -1.88. The third kappa shape index (κ3) is 4.46. The molecule has 0 radical (unpaired) electrons. The van der Waals surface area contributed by atoms with E-state index in [1.807, 2.05) is 56.3 Å². The van der Waals surface area contributed by atoms with Gasteiger partial charge in [0.15, 0.2) is 5.60 Å². The molecule has 6 heteroatoms. The summed E-state index contributed by atoms with van der Waals surface area (Å²) in [5.41, 5.74) is 5.32. The molecule has 0 atom stereocenters. The molecule has 166 valence electrons. The fraction of sp³-hybridized carbons (Fsp3) is 0.111. The molecule has 0 bridgehead atoms. The van der Waals surface area contributed by atoms with Gasteiger partial charge in [-0.25, -0.2) is 5.43 Å². The lowest BCUT2D eigenvalue weighted by molar-refractivity contribution is -0.136. The lowest BCUT2D eigenvalue weighted by Crippen LogP contribution is -2.43. The highest BCUT2D eigenvalue weighted by Crippen LogP contribution is 2.30. The molecule has 1 amide bonds. The van der Waals surface area contributed by atoms with Crippen molar-refractivity contribution in [1.82, 2.24) is 9.99 Å². The Labute approximate surface area is 198 Å². The second-order valence-corrected chi connectivity index (χ2v) is 8.22. The fourth-order valence-corrected chi connectivity index (χ4v) is 4.14. The highest BCUT2D eigenvalue weighted by molar-refractivity contribution is 6.30. The highest BCUT2D eigenvalue weighted by atomic mass is 35.5. The summed E-state index contributed by atoms with van der Waals surface area (Å²) in [6.45, 7) is 3.97. The van der Waals surface area contributed by atoms with E-state index < -0.39 is 11.5 Å². The summed E-state index contributed by atoms with van der Waals surface area (Å²) in [5.74, 6) is -0.639. The van der Waals surface area contributed by atoms with Crippen molar-refractivity contribution < 1.29 is 9.90 Å². The van der Waals surface area contributed by atoms with Crippen LogP contribution in [0, 0.1) is 13.8 Å². The van der Waals surface area contributed by atoms with Gasteiger partial charge in [-0.2, -0.15) is 5.10 Å². The first-order chi connectivity index (χ1) is 15.9. The Kier molecular flexibility index (Phi) is 6.45. The van der Waals surface area contributed by atoms with Gasteiger partial charge in [-0.15, -0.1) is 0 Å². The molecule has 4 rings (SSSR count). The average molecular weight is 458 g/mol. The maximum absolute atomic E-state index is 13.2. The first-order valence-electron chi connectivity index (χ1n) is 10.5. The Hall–Kier alpha value is -3.67. The van der Waals surface area contributed by atoms with Crippen molar-refractivity contribution in [3.8, 4) is 5.69 Å². The molecule has 4 aromatic rings. The SMILES string of the molecule is Cc1cc(/C=N/NC(=O)C(O)(c2ccccc2)c2ccccc2)c(C)n1-c1cccc(Cl)c1. The number of aromatic nitrogens is 1. The summed E-state index contributed by atoms with van der Waals surface area (Å²) >= 11 is 6.16. The van der Waals surface area contributed by atoms with Crippen molar-refractivity contribution in [2.75, 3.05) is 0 Å². The van der Waals surface area contributed by atoms with E-state index in [1.165, 1.54) is 0 Å². The van der Waals surface area contributed by atoms with Crippen LogP contribution in [-0.2, 0) is 10.4 Å². The summed E-state index contributed by atoms with van der Waals surface area (Å²) in [4.78, 5) is 13.2. The maximum Gasteiger partial charge on any atom is 0.281 e. The second kappa shape index (κ2) is 9.45. The van der Waals surface area contributed by atoms with Gasteiger partial charge < -0.3 is 9.67 Å². The van der Waals surface area contributed by atoms with Gasteiger partial charge in [-0.1, -0.05) is 78.3 Å². The van der Waals surface area contributed by atoms with E-state index in [1.54, 1.807) is 54.7 Å². The Morgan fingerprint density at radius 3 is 2.12 bits per heavy atom. The van der Waals surface area contributed by atoms with Crippen LogP contribution in [0.1, 0.15) is 28.1 Å². The minimum absolute atomic E-state index is 0.461. The van der Waals surface area contributed by atoms with Gasteiger partial charge in [0.25, 0.3) is 5.91 Å². The number of aliphatic hydroxyl groups is 1. The van der Waals surface area contributed by atoms with E-state index in [0.717, 1.165) is 22.6 Å². The number of carbonyl (C=O) groups excluding carboxylic acids is 1. The van der Waals surface area contributed by atoms with Crippen molar-refractivity contribution in [2.45, 2.75) is 19.4 Å². The molecule has 2 N–H and O–H groups in total. The number of hydrazone groups is 1. The monoisotopic (exact) mass is 457 g/mol. The minimum Gasteiger partial charge on any atom is -0.372 e. The molecule has 1 heterocycles. The first kappa shape index (κ1) is 22.5. The van der Waals surface area contributed by atoms with Gasteiger partial charge in [-0.05, 0) is 49.2 Å². The van der Waals surface area contributed by atoms with Crippen LogP contribution < -0.4 is 5.43 Å². The van der Waals surface area contributed by atoms with Gasteiger partial charge in [-0.3, -0.25) is 4.79 Å². The number of hydrogen-bond acceptors (Lipinski definition) is 3. The Morgan fingerprint density at radius 2 is 1.55 bits per heavy atom. The van der Waals surface area contributed by atoms with E-state index >= 15 is 0 Å². The van der Waals surface area contributed by atoms with Crippen LogP contribution in [0.4, 0.5) is 0 Å². The van der Waals surface area contributed by atoms with Gasteiger partial charge in [0.2, 0.25) is 0 Å². The third-order valence-electron chi connectivity index (χ3n) is 5.62. The number of aryl methyl sites for hydroxylation is 1. The van der Waals surface area contributed by atoms with Gasteiger partial charge in [0.1, 0.15) is 0 Å². The molecule has 0 spiro atoms. The quantitative estimate of drug-likeness (QED) is 0.311. The first-order valence-corrected chi connectivity index (χ1v) is 10.9. The topological polar surface area (TPSA) is 66.6 Å². The summed E-state index contributed by atoms with van der Waals surface area (Å²) in [6, 6.07) is 27.3. The molecule has 0 unspecified atom stereocenters. The van der Waals surface area contributed by atoms with Gasteiger partial charge in [0, 0.05) is 27.7 Å². The highest BCUT2D eigenvalue weighted by Gasteiger charge is 2.39. The lowest BCUT2D eigenvalue weighted by Gasteiger charge is -2.27. The van der Waals surface area contributed by atoms with Crippen LogP contribution in [0.15, 0.2) is 96.1 Å². The van der Waals surface area contributed by atoms with E-state index in [0.29, 0.717) is 16.1 Å². The Bertz CT molecular complexity index is 1260. The number of amides is 1. The van der Waals surface area contributed by atoms with E-state index in [9.17, 15) is 9.90 Å². The summed E-state index contributed by atoms with van der Waals surface area (Å²) in [5, 5.41) is 16.3. The molecule has 3 aromatic carbocycles. The smallest absolute Gasteiger partial charge is 0.281 e. The molecule has 5 nitrogen and oxygen atoms in total. The number of hydrogen-bond donors (Lipinski definition) is 2. The maximum atomic E-state index is 13.2. The number of halogens is 1. The van der Waals surface area contributed by atoms with Gasteiger partial charge >= 0.3 is 0 Å². The van der Waals surface area contributed by atoms with E-state index in [4.69, 9.17) is 11.6 Å². The average Bonchev–Trinajstić information content (AvgIpc) is 3.12. The van der Waals surface area contributed by atoms with E-state index in [-0.39, 0.29) is 0 Å². The molecular weight excluding hydrogens is 434 g/mol. The number of nitrogens with one attached hydrogen (secondary N) is 1. The fourth-order valence-electron chi connectivity index (χ4n) is 3.96. The standard InChI is InChI=1S/C27H24ClN3O2/c1-19-16-21(20(2)31(19)25-15-9-14-24(28)17-25)18-29-30-26(32)27(33,22-10-5-3-6-11-22)23-12-7-4-8-13-23/h3-18,33H,1-2H3,(H,30,32)/b29-18+. The summed E-state index contributed by atoms with van der Waals surface area (Å²) in [6.07, 6.45) is 1.58. The molecule has 33 heavy (non-hydrogen) atoms. The van der Waals surface area contributed by atoms with Crippen molar-refractivity contribution >= 4 is 23.7 Å². The zero-order valence-electron chi connectivity index (χ0n) is 18.4. The molecule has 0 saturated heterocycles. The molecule has 0 aliphatic heterocycles. The zero-order chi connectivity index (χ0) is 23.4. The molecule has 0 fully saturated rings. The predicted molar refractivity (Wildman–Crippen MR) is 132 cm³/mol. The largest absolute Gasteiger partial charge is 0.372 e. The molecule has 1 aromatic heterocycles. The van der Waals surface area contributed by atoms with Crippen LogP contribution in [0.3, 0.4) is 0 Å². The van der Waals surface area contributed by atoms with Crippen LogP contribution in [-0.4, -0.2) is 21.8 Å². The third-order valence-corrected chi connectivity index (χ3v) is 5.85. The van der Waals surface area contributed by atoms with Crippen LogP contribution in [0.25, 0.3) is 5.69 Å². The number of nitrogens with zero attached hydrogens (tertiary/aromatic N) is 2. The second-order valence-electron chi connectivity index (χ2n) is 7.78. The Morgan fingerprint density at radius 1 is 0.939 bits per heavy atom. The van der Waals surface area contributed by atoms with Crippen molar-refractivity contribution in [1.29, 1.82) is 0 Å². The van der Waals surface area contributed by atoms with Crippen molar-refractivity contribution in [3.05, 3.63) is 124 Å². The number of rotatable bonds is 6. The van der Waals surface area contributed by atoms with Crippen molar-refractivity contribution in [2.24, 2.45) is 5.10 Å². The lowest BCUT2D eigenvalue weighted by atomic mass is 9.85. The predicted octanol–water partition coefficient (Wildman–Crippen LogP) is 5.13. The normalized spacial score (nSPS) is 11.6. The molecule has 0 aliphatic rings. The summed E-state index contributed by atoms with van der Waals surface area (Å²) < 4.78 is 2.07. The molecule has 0 saturated carbocycles. The summed E-state index contributed by atoms with van der Waals surface area (Å²) in [7, 11) is 0. The number of carbonyl (C=O) groups is 1. The van der Waals surface area contributed by atoms with Crippen LogP contribution in [0.2, 0.25) is 5.02 Å². The number of benzene rings is 3. The van der Waals surface area contributed by atoms with Crippen LogP contribution >= 0.6 is 11.6 Å². The molecule has 0 aliphatic carbocycles. The van der Waals surface area contributed by atoms with Crippen molar-refractivity contribution in [3.63, 3.8) is 0 Å². The Balaban J connectivity index is 1.61. The molecular formula is C27H24ClN3O2. The van der Waals surface area contributed by atoms with Crippen LogP contribution in [0.5, 0.6) is 0 Å². The van der Waals surface area contributed by atoms with Gasteiger partial charge in [0.05, 0.1) is 6.21 Å². The zero-order valence-corrected chi connectivity index (χ0v) is 19.1. The van der Waals surface area contributed by atoms with E-state index in [2.05, 4.69) is 15.1 Å².